The maximum absolute atomic E-state index is 12.9. The third-order valence-corrected chi connectivity index (χ3v) is 5.27. The van der Waals surface area contributed by atoms with Gasteiger partial charge in [-0.15, -0.1) is 0 Å². The Kier molecular flexibility index (Phi) is 5.91. The van der Waals surface area contributed by atoms with E-state index >= 15 is 0 Å². The number of hydrogen-bond donors (Lipinski definition) is 3. The highest BCUT2D eigenvalue weighted by atomic mass is 16.5. The van der Waals surface area contributed by atoms with Crippen molar-refractivity contribution in [1.29, 1.82) is 0 Å². The number of carbonyl (C=O) groups is 2. The van der Waals surface area contributed by atoms with Crippen molar-refractivity contribution in [3.63, 3.8) is 0 Å². The number of imidazole rings is 1. The molecule has 0 spiro atoms. The number of ether oxygens (including phenoxy) is 1. The summed E-state index contributed by atoms with van der Waals surface area (Å²) in [6.45, 7) is 0.248. The number of H-pyrrole nitrogens is 1. The van der Waals surface area contributed by atoms with E-state index in [1.807, 2.05) is 54.6 Å². The fraction of sp³-hybridized carbons (Fsp3) is 0.0800. The van der Waals surface area contributed by atoms with Gasteiger partial charge >= 0.3 is 6.09 Å². The fourth-order valence-corrected chi connectivity index (χ4v) is 3.52. The summed E-state index contributed by atoms with van der Waals surface area (Å²) >= 11 is 0. The molecule has 2 amide bonds. The lowest BCUT2D eigenvalue weighted by Gasteiger charge is -2.09. The summed E-state index contributed by atoms with van der Waals surface area (Å²) in [7, 11) is 0. The number of aromatic nitrogens is 4. The van der Waals surface area contributed by atoms with Crippen molar-refractivity contribution in [3.8, 4) is 0 Å². The van der Waals surface area contributed by atoms with E-state index in [0.29, 0.717) is 11.5 Å². The number of anilines is 1. The van der Waals surface area contributed by atoms with Crippen LogP contribution in [0, 0.1) is 0 Å². The van der Waals surface area contributed by atoms with Crippen LogP contribution in [-0.2, 0) is 17.9 Å². The number of para-hydroxylation sites is 2. The first kappa shape index (κ1) is 21.8. The van der Waals surface area contributed by atoms with Gasteiger partial charge in [-0.3, -0.25) is 19.3 Å². The Bertz CT molecular complexity index is 1560. The number of amides is 2. The van der Waals surface area contributed by atoms with Gasteiger partial charge in [-0.1, -0.05) is 42.5 Å². The standard InChI is InChI=1S/C25H20N6O4/c32-23(27-13-21-28-18-8-4-5-9-19(18)29-21)17-10-11-22-26-12-20(24(33)31(22)14-17)30-25(34)35-15-16-6-2-1-3-7-16/h1-12,14H,13,15H2,(H,27,32)(H,28,29)(H,30,34). The van der Waals surface area contributed by atoms with Crippen molar-refractivity contribution in [2.24, 2.45) is 0 Å². The van der Waals surface area contributed by atoms with Gasteiger partial charge in [0.05, 0.1) is 29.3 Å². The Balaban J connectivity index is 1.28. The lowest BCUT2D eigenvalue weighted by molar-refractivity contribution is 0.0949. The highest BCUT2D eigenvalue weighted by molar-refractivity contribution is 5.94. The number of nitrogens with zero attached hydrogens (tertiary/aromatic N) is 3. The summed E-state index contributed by atoms with van der Waals surface area (Å²) in [5.74, 6) is 0.222. The summed E-state index contributed by atoms with van der Waals surface area (Å²) < 4.78 is 6.36. The van der Waals surface area contributed by atoms with Gasteiger partial charge in [0.15, 0.2) is 0 Å². The Labute approximate surface area is 198 Å². The van der Waals surface area contributed by atoms with Crippen LogP contribution in [0.25, 0.3) is 16.7 Å². The first-order chi connectivity index (χ1) is 17.1. The Morgan fingerprint density at radius 3 is 2.63 bits per heavy atom. The highest BCUT2D eigenvalue weighted by Crippen LogP contribution is 2.11. The molecular weight excluding hydrogens is 448 g/mol. The van der Waals surface area contributed by atoms with Crippen LogP contribution in [0.15, 0.2) is 83.9 Å². The average Bonchev–Trinajstić information content (AvgIpc) is 3.31. The zero-order chi connectivity index (χ0) is 24.2. The van der Waals surface area contributed by atoms with Gasteiger partial charge in [-0.25, -0.2) is 14.8 Å². The van der Waals surface area contributed by atoms with Gasteiger partial charge in [0.25, 0.3) is 11.5 Å². The minimum atomic E-state index is -0.785. The van der Waals surface area contributed by atoms with Crippen molar-refractivity contribution >= 4 is 34.4 Å². The molecule has 0 saturated carbocycles. The van der Waals surface area contributed by atoms with Crippen molar-refractivity contribution in [2.75, 3.05) is 5.32 Å². The molecule has 0 unspecified atom stereocenters. The first-order valence-corrected chi connectivity index (χ1v) is 10.8. The number of nitrogens with one attached hydrogen (secondary N) is 3. The molecular formula is C25H20N6O4. The minimum absolute atomic E-state index is 0.0601. The molecule has 3 heterocycles. The normalized spacial score (nSPS) is 10.9. The highest BCUT2D eigenvalue weighted by Gasteiger charge is 2.13. The molecule has 5 rings (SSSR count). The molecule has 10 nitrogen and oxygen atoms in total. The molecule has 0 radical (unpaired) electrons. The molecule has 174 valence electrons. The van der Waals surface area contributed by atoms with Gasteiger partial charge in [0.2, 0.25) is 0 Å². The second-order valence-electron chi connectivity index (χ2n) is 7.69. The van der Waals surface area contributed by atoms with E-state index < -0.39 is 11.7 Å². The fourth-order valence-electron chi connectivity index (χ4n) is 3.52. The monoisotopic (exact) mass is 468 g/mol. The van der Waals surface area contributed by atoms with E-state index in [-0.39, 0.29) is 30.3 Å². The maximum atomic E-state index is 12.9. The molecule has 0 aliphatic heterocycles. The molecule has 3 aromatic heterocycles. The van der Waals surface area contributed by atoms with Gasteiger partial charge in [0, 0.05) is 6.20 Å². The van der Waals surface area contributed by atoms with Crippen LogP contribution in [0.1, 0.15) is 21.7 Å². The quantitative estimate of drug-likeness (QED) is 0.351. The van der Waals surface area contributed by atoms with E-state index in [1.165, 1.54) is 16.8 Å². The predicted octanol–water partition coefficient (Wildman–Crippen LogP) is 3.25. The molecule has 5 aromatic rings. The van der Waals surface area contributed by atoms with E-state index in [4.69, 9.17) is 4.74 Å². The molecule has 0 atom stereocenters. The van der Waals surface area contributed by atoms with Crippen LogP contribution in [0.2, 0.25) is 0 Å². The van der Waals surface area contributed by atoms with Gasteiger partial charge in [-0.05, 0) is 29.8 Å². The second-order valence-corrected chi connectivity index (χ2v) is 7.69. The van der Waals surface area contributed by atoms with Crippen LogP contribution in [0.4, 0.5) is 10.5 Å². The molecule has 0 aliphatic rings. The number of pyridine rings is 1. The van der Waals surface area contributed by atoms with E-state index in [2.05, 4.69) is 25.6 Å². The number of rotatable bonds is 6. The second kappa shape index (κ2) is 9.48. The maximum Gasteiger partial charge on any atom is 0.412 e. The van der Waals surface area contributed by atoms with Crippen molar-refractivity contribution < 1.29 is 14.3 Å². The number of aromatic amines is 1. The number of benzene rings is 2. The lowest BCUT2D eigenvalue weighted by Crippen LogP contribution is -2.26. The summed E-state index contributed by atoms with van der Waals surface area (Å²) in [5, 5.41) is 5.19. The summed E-state index contributed by atoms with van der Waals surface area (Å²) in [5.41, 5.74) is 2.46. The van der Waals surface area contributed by atoms with Gasteiger partial charge in [0.1, 0.15) is 23.8 Å². The summed E-state index contributed by atoms with van der Waals surface area (Å²) in [6, 6.07) is 19.9. The summed E-state index contributed by atoms with van der Waals surface area (Å²) in [4.78, 5) is 49.5. The Hall–Kier alpha value is -4.99. The van der Waals surface area contributed by atoms with Crippen molar-refractivity contribution in [3.05, 3.63) is 106 Å². The zero-order valence-corrected chi connectivity index (χ0v) is 18.4. The largest absolute Gasteiger partial charge is 0.444 e. The van der Waals surface area contributed by atoms with Crippen LogP contribution >= 0.6 is 0 Å². The molecule has 10 heteroatoms. The topological polar surface area (TPSA) is 130 Å². The first-order valence-electron chi connectivity index (χ1n) is 10.8. The van der Waals surface area contributed by atoms with E-state index in [1.54, 1.807) is 12.1 Å². The third-order valence-electron chi connectivity index (χ3n) is 5.27. The van der Waals surface area contributed by atoms with Crippen LogP contribution in [0.3, 0.4) is 0 Å². The third kappa shape index (κ3) is 4.86. The minimum Gasteiger partial charge on any atom is -0.444 e. The Morgan fingerprint density at radius 2 is 1.80 bits per heavy atom. The molecule has 3 N–H and O–H groups in total. The molecule has 0 bridgehead atoms. The molecule has 0 saturated heterocycles. The summed E-state index contributed by atoms with van der Waals surface area (Å²) in [6.07, 6.45) is 1.84. The van der Waals surface area contributed by atoms with Crippen LogP contribution < -0.4 is 16.2 Å². The SMILES string of the molecule is O=C(Nc1cnc2ccc(C(=O)NCc3nc4ccccc4[nH]3)cn2c1=O)OCc1ccccc1. The van der Waals surface area contributed by atoms with Crippen molar-refractivity contribution in [1.82, 2.24) is 24.7 Å². The van der Waals surface area contributed by atoms with Crippen LogP contribution in [0.5, 0.6) is 0 Å². The smallest absolute Gasteiger partial charge is 0.412 e. The predicted molar refractivity (Wildman–Crippen MR) is 129 cm³/mol. The molecule has 35 heavy (non-hydrogen) atoms. The van der Waals surface area contributed by atoms with Crippen molar-refractivity contribution in [2.45, 2.75) is 13.2 Å². The van der Waals surface area contributed by atoms with Gasteiger partial charge < -0.3 is 15.0 Å². The van der Waals surface area contributed by atoms with E-state index in [9.17, 15) is 14.4 Å². The lowest BCUT2D eigenvalue weighted by atomic mass is 10.2. The molecule has 2 aromatic carbocycles. The van der Waals surface area contributed by atoms with E-state index in [0.717, 1.165) is 16.6 Å². The number of fused-ring (bicyclic) bond motifs is 2. The number of hydrogen-bond acceptors (Lipinski definition) is 6. The molecule has 0 fully saturated rings. The Morgan fingerprint density at radius 1 is 1.00 bits per heavy atom. The zero-order valence-electron chi connectivity index (χ0n) is 18.4. The molecule has 0 aliphatic carbocycles. The van der Waals surface area contributed by atoms with Gasteiger partial charge in [-0.2, -0.15) is 0 Å². The average molecular weight is 468 g/mol. The number of carbonyl (C=O) groups excluding carboxylic acids is 2. The van der Waals surface area contributed by atoms with Crippen LogP contribution in [-0.4, -0.2) is 31.4 Å².